The Balaban J connectivity index is 2.70. The van der Waals surface area contributed by atoms with Crippen molar-refractivity contribution >= 4 is 0 Å². The van der Waals surface area contributed by atoms with Gasteiger partial charge < -0.3 is 15.0 Å². The van der Waals surface area contributed by atoms with Crippen molar-refractivity contribution in [2.75, 3.05) is 13.2 Å². The molecule has 0 fully saturated rings. The van der Waals surface area contributed by atoms with Gasteiger partial charge in [-0.15, -0.1) is 10.2 Å². The van der Waals surface area contributed by atoms with Crippen molar-refractivity contribution in [2.24, 2.45) is 11.7 Å². The van der Waals surface area contributed by atoms with Gasteiger partial charge in [0.25, 0.3) is 0 Å². The van der Waals surface area contributed by atoms with Crippen molar-refractivity contribution in [3.8, 4) is 0 Å². The summed E-state index contributed by atoms with van der Waals surface area (Å²) in [6.07, 6.45) is 0.799. The lowest BCUT2D eigenvalue weighted by Crippen LogP contribution is -2.15. The maximum atomic E-state index is 5.64. The van der Waals surface area contributed by atoms with E-state index in [9.17, 15) is 0 Å². The van der Waals surface area contributed by atoms with Crippen LogP contribution in [0.4, 0.5) is 0 Å². The maximum absolute atomic E-state index is 5.64. The first kappa shape index (κ1) is 13.1. The fourth-order valence-electron chi connectivity index (χ4n) is 1.59. The van der Waals surface area contributed by atoms with Crippen LogP contribution in [0.2, 0.25) is 0 Å². The highest BCUT2D eigenvalue weighted by molar-refractivity contribution is 4.96. The fraction of sp³-hybridized carbons (Fsp3) is 0.818. The van der Waals surface area contributed by atoms with Crippen LogP contribution in [0.1, 0.15) is 32.4 Å². The molecular weight excluding hydrogens is 204 g/mol. The highest BCUT2D eigenvalue weighted by Gasteiger charge is 2.11. The van der Waals surface area contributed by atoms with Crippen molar-refractivity contribution in [1.82, 2.24) is 14.8 Å². The van der Waals surface area contributed by atoms with Crippen molar-refractivity contribution in [2.45, 2.75) is 40.3 Å². The van der Waals surface area contributed by atoms with E-state index < -0.39 is 0 Å². The van der Waals surface area contributed by atoms with Gasteiger partial charge in [-0.3, -0.25) is 0 Å². The lowest BCUT2D eigenvalue weighted by atomic mass is 10.2. The highest BCUT2D eigenvalue weighted by atomic mass is 16.5. The Labute approximate surface area is 97.0 Å². The lowest BCUT2D eigenvalue weighted by molar-refractivity contribution is 0.148. The maximum Gasteiger partial charge on any atom is 0.146 e. The molecule has 1 rings (SSSR count). The van der Waals surface area contributed by atoms with Crippen LogP contribution >= 0.6 is 0 Å². The van der Waals surface area contributed by atoms with E-state index in [4.69, 9.17) is 10.5 Å². The van der Waals surface area contributed by atoms with Crippen LogP contribution in [0, 0.1) is 5.92 Å². The number of hydrogen-bond acceptors (Lipinski definition) is 4. The Bertz CT molecular complexity index is 309. The molecule has 0 saturated carbocycles. The van der Waals surface area contributed by atoms with E-state index in [1.807, 2.05) is 6.92 Å². The van der Waals surface area contributed by atoms with Crippen molar-refractivity contribution in [1.29, 1.82) is 0 Å². The molecule has 0 spiro atoms. The van der Waals surface area contributed by atoms with Gasteiger partial charge in [0.2, 0.25) is 0 Å². The first-order valence-electron chi connectivity index (χ1n) is 5.87. The average molecular weight is 226 g/mol. The molecule has 16 heavy (non-hydrogen) atoms. The van der Waals surface area contributed by atoms with E-state index >= 15 is 0 Å². The van der Waals surface area contributed by atoms with E-state index in [1.54, 1.807) is 0 Å². The summed E-state index contributed by atoms with van der Waals surface area (Å²) in [5.74, 6) is 2.40. The van der Waals surface area contributed by atoms with E-state index in [0.29, 0.717) is 19.1 Å². The minimum atomic E-state index is 0.439. The van der Waals surface area contributed by atoms with Crippen molar-refractivity contribution < 1.29 is 4.74 Å². The van der Waals surface area contributed by atoms with E-state index in [-0.39, 0.29) is 0 Å². The molecule has 1 heterocycles. The van der Waals surface area contributed by atoms with Gasteiger partial charge >= 0.3 is 0 Å². The van der Waals surface area contributed by atoms with Crippen LogP contribution in [-0.2, 0) is 24.2 Å². The standard InChI is InChI=1S/C11H22N4O/c1-4-16-6-5-10-13-14-11(7-12)15(10)8-9(2)3/h9H,4-8,12H2,1-3H3. The summed E-state index contributed by atoms with van der Waals surface area (Å²) < 4.78 is 7.44. The van der Waals surface area contributed by atoms with Crippen LogP contribution in [-0.4, -0.2) is 28.0 Å². The molecule has 1 aromatic rings. The molecule has 0 atom stereocenters. The van der Waals surface area contributed by atoms with Crippen LogP contribution in [0.25, 0.3) is 0 Å². The Kier molecular flexibility index (Phi) is 5.42. The summed E-state index contributed by atoms with van der Waals surface area (Å²) >= 11 is 0. The summed E-state index contributed by atoms with van der Waals surface area (Å²) in [7, 11) is 0. The van der Waals surface area contributed by atoms with Crippen LogP contribution in [0.15, 0.2) is 0 Å². The predicted molar refractivity (Wildman–Crippen MR) is 62.9 cm³/mol. The molecule has 0 aliphatic heterocycles. The Morgan fingerprint density at radius 2 is 2.00 bits per heavy atom. The Morgan fingerprint density at radius 3 is 2.56 bits per heavy atom. The van der Waals surface area contributed by atoms with E-state index in [2.05, 4.69) is 28.6 Å². The molecule has 5 nitrogen and oxygen atoms in total. The third kappa shape index (κ3) is 3.57. The van der Waals surface area contributed by atoms with Crippen molar-refractivity contribution in [3.63, 3.8) is 0 Å². The molecule has 0 aliphatic carbocycles. The molecule has 0 radical (unpaired) electrons. The summed E-state index contributed by atoms with van der Waals surface area (Å²) in [6.45, 7) is 9.12. The largest absolute Gasteiger partial charge is 0.381 e. The second-order valence-electron chi connectivity index (χ2n) is 4.19. The number of nitrogens with two attached hydrogens (primary N) is 1. The van der Waals surface area contributed by atoms with E-state index in [1.165, 1.54) is 0 Å². The molecule has 0 aromatic carbocycles. The molecule has 5 heteroatoms. The number of ether oxygens (including phenoxy) is 1. The minimum absolute atomic E-state index is 0.439. The van der Waals surface area contributed by atoms with Crippen LogP contribution < -0.4 is 5.73 Å². The highest BCUT2D eigenvalue weighted by Crippen LogP contribution is 2.07. The molecular formula is C11H22N4O. The monoisotopic (exact) mass is 226 g/mol. The van der Waals surface area contributed by atoms with E-state index in [0.717, 1.165) is 31.2 Å². The molecule has 0 saturated heterocycles. The number of hydrogen-bond donors (Lipinski definition) is 1. The Hall–Kier alpha value is -0.940. The van der Waals surface area contributed by atoms with Gasteiger partial charge in [0.1, 0.15) is 11.6 Å². The second-order valence-corrected chi connectivity index (χ2v) is 4.19. The smallest absolute Gasteiger partial charge is 0.146 e. The number of aromatic nitrogens is 3. The van der Waals surface area contributed by atoms with Gasteiger partial charge in [-0.2, -0.15) is 0 Å². The zero-order valence-corrected chi connectivity index (χ0v) is 10.4. The molecule has 0 bridgehead atoms. The third-order valence-corrected chi connectivity index (χ3v) is 2.31. The zero-order chi connectivity index (χ0) is 12.0. The molecule has 0 amide bonds. The SMILES string of the molecule is CCOCCc1nnc(CN)n1CC(C)C. The summed E-state index contributed by atoms with van der Waals surface area (Å²) in [4.78, 5) is 0. The van der Waals surface area contributed by atoms with Crippen LogP contribution in [0.5, 0.6) is 0 Å². The van der Waals surface area contributed by atoms with Gasteiger partial charge in [-0.25, -0.2) is 0 Å². The van der Waals surface area contributed by atoms with Gasteiger partial charge in [-0.05, 0) is 12.8 Å². The summed E-state index contributed by atoms with van der Waals surface area (Å²) in [5.41, 5.74) is 5.64. The average Bonchev–Trinajstić information content (AvgIpc) is 2.61. The molecule has 0 aliphatic rings. The van der Waals surface area contributed by atoms with Gasteiger partial charge in [0.05, 0.1) is 13.2 Å². The normalized spacial score (nSPS) is 11.3. The topological polar surface area (TPSA) is 66.0 Å². The van der Waals surface area contributed by atoms with Crippen LogP contribution in [0.3, 0.4) is 0 Å². The van der Waals surface area contributed by atoms with Gasteiger partial charge in [0.15, 0.2) is 0 Å². The molecule has 2 N–H and O–H groups in total. The van der Waals surface area contributed by atoms with Crippen molar-refractivity contribution in [3.05, 3.63) is 11.6 Å². The summed E-state index contributed by atoms with van der Waals surface area (Å²) in [6, 6.07) is 0. The quantitative estimate of drug-likeness (QED) is 0.704. The minimum Gasteiger partial charge on any atom is -0.381 e. The van der Waals surface area contributed by atoms with Gasteiger partial charge in [0, 0.05) is 19.6 Å². The first-order chi connectivity index (χ1) is 7.69. The predicted octanol–water partition coefficient (Wildman–Crippen LogP) is 0.972. The first-order valence-corrected chi connectivity index (χ1v) is 5.87. The molecule has 1 aromatic heterocycles. The summed E-state index contributed by atoms with van der Waals surface area (Å²) in [5, 5.41) is 8.26. The third-order valence-electron chi connectivity index (χ3n) is 2.31. The second kappa shape index (κ2) is 6.60. The fourth-order valence-corrected chi connectivity index (χ4v) is 1.59. The molecule has 92 valence electrons. The lowest BCUT2D eigenvalue weighted by Gasteiger charge is -2.11. The number of rotatable bonds is 7. The molecule has 0 unspecified atom stereocenters. The Morgan fingerprint density at radius 1 is 1.31 bits per heavy atom. The number of nitrogens with zero attached hydrogens (tertiary/aromatic N) is 3. The van der Waals surface area contributed by atoms with Gasteiger partial charge in [-0.1, -0.05) is 13.8 Å². The zero-order valence-electron chi connectivity index (χ0n) is 10.4.